The highest BCUT2D eigenvalue weighted by molar-refractivity contribution is 6.33. The van der Waals surface area contributed by atoms with Crippen molar-refractivity contribution in [2.24, 2.45) is 11.8 Å². The Hall–Kier alpha value is -0.320. The van der Waals surface area contributed by atoms with Crippen molar-refractivity contribution in [3.05, 3.63) is 33.8 Å². The third-order valence-corrected chi connectivity index (χ3v) is 4.63. The number of nitrogens with two attached hydrogens (primary N) is 1. The Kier molecular flexibility index (Phi) is 3.52. The minimum absolute atomic E-state index is 0.00602. The summed E-state index contributed by atoms with van der Waals surface area (Å²) in [6.07, 6.45) is 4.02. The normalized spacial score (nSPS) is 31.8. The molecule has 2 heterocycles. The molecule has 0 aromatic heterocycles. The highest BCUT2D eigenvalue weighted by Crippen LogP contribution is 2.45. The van der Waals surface area contributed by atoms with Gasteiger partial charge in [-0.1, -0.05) is 23.2 Å². The van der Waals surface area contributed by atoms with E-state index in [0.29, 0.717) is 28.2 Å². The summed E-state index contributed by atoms with van der Waals surface area (Å²) >= 11 is 12.3. The van der Waals surface area contributed by atoms with Crippen LogP contribution in [0.15, 0.2) is 18.2 Å². The summed E-state index contributed by atoms with van der Waals surface area (Å²) in [6.45, 7) is 0. The standard InChI is InChI=1S/C13H16Cl2N2O/c14-7-1-3-11(15)9(5-7)13(17-16)10-6-8-2-4-12(10)18-8/h1,3,5,8,10,12-13,17H,2,4,6,16H2. The molecule has 4 unspecified atom stereocenters. The Morgan fingerprint density at radius 2 is 2.17 bits per heavy atom. The van der Waals surface area contributed by atoms with Crippen molar-refractivity contribution in [3.8, 4) is 0 Å². The molecule has 3 N–H and O–H groups in total. The van der Waals surface area contributed by atoms with Gasteiger partial charge in [-0.05, 0) is 43.0 Å². The predicted molar refractivity (Wildman–Crippen MR) is 72.5 cm³/mol. The van der Waals surface area contributed by atoms with E-state index in [-0.39, 0.29) is 6.04 Å². The molecule has 2 aliphatic heterocycles. The van der Waals surface area contributed by atoms with Crippen LogP contribution in [-0.2, 0) is 4.74 Å². The quantitative estimate of drug-likeness (QED) is 0.663. The number of benzene rings is 1. The van der Waals surface area contributed by atoms with Gasteiger partial charge in [-0.25, -0.2) is 0 Å². The van der Waals surface area contributed by atoms with Gasteiger partial charge in [0, 0.05) is 16.0 Å². The van der Waals surface area contributed by atoms with E-state index in [4.69, 9.17) is 33.8 Å². The molecule has 18 heavy (non-hydrogen) atoms. The van der Waals surface area contributed by atoms with E-state index in [2.05, 4.69) is 5.43 Å². The molecular weight excluding hydrogens is 271 g/mol. The van der Waals surface area contributed by atoms with Gasteiger partial charge in [-0.3, -0.25) is 11.3 Å². The van der Waals surface area contributed by atoms with E-state index in [1.54, 1.807) is 6.07 Å². The largest absolute Gasteiger partial charge is 0.375 e. The lowest BCUT2D eigenvalue weighted by Crippen LogP contribution is -2.37. The van der Waals surface area contributed by atoms with E-state index < -0.39 is 0 Å². The first-order valence-electron chi connectivity index (χ1n) is 6.25. The van der Waals surface area contributed by atoms with E-state index in [1.807, 2.05) is 12.1 Å². The van der Waals surface area contributed by atoms with E-state index >= 15 is 0 Å². The Balaban J connectivity index is 1.90. The third-order valence-electron chi connectivity index (χ3n) is 4.05. The van der Waals surface area contributed by atoms with E-state index in [0.717, 1.165) is 18.4 Å². The summed E-state index contributed by atoms with van der Waals surface area (Å²) in [7, 11) is 0. The molecule has 98 valence electrons. The Bertz CT molecular complexity index is 455. The van der Waals surface area contributed by atoms with Crippen LogP contribution in [0.1, 0.15) is 30.9 Å². The monoisotopic (exact) mass is 286 g/mol. The maximum Gasteiger partial charge on any atom is 0.0627 e. The van der Waals surface area contributed by atoms with Crippen LogP contribution in [0.25, 0.3) is 0 Å². The number of hydrazine groups is 1. The number of hydrogen-bond acceptors (Lipinski definition) is 3. The van der Waals surface area contributed by atoms with Crippen LogP contribution >= 0.6 is 23.2 Å². The molecule has 0 saturated carbocycles. The molecule has 2 aliphatic rings. The molecule has 2 saturated heterocycles. The lowest BCUT2D eigenvalue weighted by Gasteiger charge is -2.28. The second-order valence-electron chi connectivity index (χ2n) is 5.08. The Labute approximate surface area is 117 Å². The molecule has 0 aliphatic carbocycles. The average Bonchev–Trinajstić information content (AvgIpc) is 2.97. The van der Waals surface area contributed by atoms with Crippen molar-refractivity contribution in [2.45, 2.75) is 37.5 Å². The van der Waals surface area contributed by atoms with Gasteiger partial charge in [0.2, 0.25) is 0 Å². The van der Waals surface area contributed by atoms with Crippen molar-refractivity contribution >= 4 is 23.2 Å². The van der Waals surface area contributed by atoms with Crippen molar-refractivity contribution in [1.29, 1.82) is 0 Å². The van der Waals surface area contributed by atoms with Gasteiger partial charge in [-0.2, -0.15) is 0 Å². The summed E-state index contributed by atoms with van der Waals surface area (Å²) in [5, 5.41) is 1.38. The predicted octanol–water partition coefficient (Wildman–Crippen LogP) is 3.07. The van der Waals surface area contributed by atoms with Crippen molar-refractivity contribution in [1.82, 2.24) is 5.43 Å². The molecule has 0 radical (unpaired) electrons. The minimum atomic E-state index is 0.00602. The number of hydrogen-bond donors (Lipinski definition) is 2. The second kappa shape index (κ2) is 4.99. The summed E-state index contributed by atoms with van der Waals surface area (Å²) in [5.41, 5.74) is 3.86. The summed E-state index contributed by atoms with van der Waals surface area (Å²) in [6, 6.07) is 5.50. The topological polar surface area (TPSA) is 47.3 Å². The molecule has 2 fully saturated rings. The van der Waals surface area contributed by atoms with Crippen LogP contribution in [0.4, 0.5) is 0 Å². The van der Waals surface area contributed by atoms with Gasteiger partial charge in [-0.15, -0.1) is 0 Å². The van der Waals surface area contributed by atoms with Crippen LogP contribution in [-0.4, -0.2) is 12.2 Å². The second-order valence-corrected chi connectivity index (χ2v) is 5.93. The number of halogens is 2. The maximum absolute atomic E-state index is 6.26. The Morgan fingerprint density at radius 3 is 2.78 bits per heavy atom. The lowest BCUT2D eigenvalue weighted by molar-refractivity contribution is 0.0857. The van der Waals surface area contributed by atoms with Gasteiger partial charge in [0.1, 0.15) is 0 Å². The van der Waals surface area contributed by atoms with Crippen molar-refractivity contribution in [2.75, 3.05) is 0 Å². The number of ether oxygens (including phenoxy) is 1. The van der Waals surface area contributed by atoms with Crippen LogP contribution < -0.4 is 11.3 Å². The van der Waals surface area contributed by atoms with Gasteiger partial charge in [0.25, 0.3) is 0 Å². The minimum Gasteiger partial charge on any atom is -0.375 e. The smallest absolute Gasteiger partial charge is 0.0627 e. The lowest BCUT2D eigenvalue weighted by atomic mass is 9.81. The van der Waals surface area contributed by atoms with Crippen LogP contribution in [0.5, 0.6) is 0 Å². The molecule has 0 spiro atoms. The molecule has 4 atom stereocenters. The molecule has 1 aromatic rings. The van der Waals surface area contributed by atoms with Crippen molar-refractivity contribution < 1.29 is 4.74 Å². The first-order chi connectivity index (χ1) is 8.69. The zero-order valence-electron chi connectivity index (χ0n) is 9.90. The van der Waals surface area contributed by atoms with E-state index in [9.17, 15) is 0 Å². The van der Waals surface area contributed by atoms with Gasteiger partial charge < -0.3 is 4.74 Å². The fourth-order valence-corrected chi connectivity index (χ4v) is 3.64. The van der Waals surface area contributed by atoms with Crippen LogP contribution in [0.2, 0.25) is 10.0 Å². The van der Waals surface area contributed by atoms with Gasteiger partial charge >= 0.3 is 0 Å². The fourth-order valence-electron chi connectivity index (χ4n) is 3.22. The first-order valence-corrected chi connectivity index (χ1v) is 7.01. The zero-order chi connectivity index (χ0) is 12.7. The highest BCUT2D eigenvalue weighted by Gasteiger charge is 2.44. The third kappa shape index (κ3) is 2.15. The van der Waals surface area contributed by atoms with Crippen LogP contribution in [0.3, 0.4) is 0 Å². The molecule has 5 heteroatoms. The average molecular weight is 287 g/mol. The van der Waals surface area contributed by atoms with Gasteiger partial charge in [0.05, 0.1) is 18.2 Å². The number of nitrogens with one attached hydrogen (secondary N) is 1. The molecule has 0 amide bonds. The summed E-state index contributed by atoms with van der Waals surface area (Å²) < 4.78 is 5.89. The maximum atomic E-state index is 6.26. The van der Waals surface area contributed by atoms with E-state index in [1.165, 1.54) is 6.42 Å². The number of rotatable bonds is 3. The molecule has 2 bridgehead atoms. The summed E-state index contributed by atoms with van der Waals surface area (Å²) in [4.78, 5) is 0. The molecule has 3 nitrogen and oxygen atoms in total. The number of fused-ring (bicyclic) bond motifs is 2. The first kappa shape index (κ1) is 12.7. The Morgan fingerprint density at radius 1 is 1.33 bits per heavy atom. The summed E-state index contributed by atoms with van der Waals surface area (Å²) in [5.74, 6) is 6.11. The fraction of sp³-hybridized carbons (Fsp3) is 0.538. The molecule has 3 rings (SSSR count). The van der Waals surface area contributed by atoms with Gasteiger partial charge in [0.15, 0.2) is 0 Å². The van der Waals surface area contributed by atoms with Crippen molar-refractivity contribution in [3.63, 3.8) is 0 Å². The molecule has 1 aromatic carbocycles. The zero-order valence-corrected chi connectivity index (χ0v) is 11.4. The van der Waals surface area contributed by atoms with Crippen LogP contribution in [0, 0.1) is 5.92 Å². The molecular formula is C13H16Cl2N2O. The highest BCUT2D eigenvalue weighted by atomic mass is 35.5. The SMILES string of the molecule is NNC(c1cc(Cl)ccc1Cl)C1CC2CCC1O2.